The minimum Gasteiger partial charge on any atom is -0.371 e. The van der Waals surface area contributed by atoms with Crippen LogP contribution in [0.4, 0.5) is 5.69 Å². The summed E-state index contributed by atoms with van der Waals surface area (Å²) in [6.07, 6.45) is 9.54. The number of aromatic nitrogens is 1. The smallest absolute Gasteiger partial charge is 0.263 e. The third kappa shape index (κ3) is 4.24. The van der Waals surface area contributed by atoms with Gasteiger partial charge in [0.05, 0.1) is 23.4 Å². The molecule has 2 aromatic rings. The lowest BCUT2D eigenvalue weighted by Crippen LogP contribution is -2.43. The lowest BCUT2D eigenvalue weighted by Gasteiger charge is -2.35. The highest BCUT2D eigenvalue weighted by Crippen LogP contribution is 2.35. The fourth-order valence-corrected chi connectivity index (χ4v) is 5.31. The van der Waals surface area contributed by atoms with Crippen molar-refractivity contribution in [2.75, 3.05) is 31.1 Å². The number of piperidine rings is 1. The zero-order valence-corrected chi connectivity index (χ0v) is 18.9. The van der Waals surface area contributed by atoms with Crippen molar-refractivity contribution in [3.8, 4) is 0 Å². The number of rotatable bonds is 4. The largest absolute Gasteiger partial charge is 0.371 e. The number of carbonyl (C=O) groups is 3. The average Bonchev–Trinajstić information content (AvgIpc) is 3.04. The molecule has 0 unspecified atom stereocenters. The quantitative estimate of drug-likeness (QED) is 0.672. The fraction of sp³-hybridized carbons (Fsp3) is 0.462. The van der Waals surface area contributed by atoms with Crippen LogP contribution in [0, 0.1) is 5.92 Å². The first-order valence-electron chi connectivity index (χ1n) is 12.1. The van der Waals surface area contributed by atoms with E-state index in [0.717, 1.165) is 50.0 Å². The lowest BCUT2D eigenvalue weighted by atomic mass is 9.94. The van der Waals surface area contributed by atoms with E-state index in [2.05, 4.69) is 14.8 Å². The van der Waals surface area contributed by atoms with Crippen LogP contribution in [0.1, 0.15) is 64.8 Å². The predicted molar refractivity (Wildman–Crippen MR) is 125 cm³/mol. The third-order valence-electron chi connectivity index (χ3n) is 7.14. The minimum absolute atomic E-state index is 0.0514. The second-order valence-electron chi connectivity index (χ2n) is 9.26. The summed E-state index contributed by atoms with van der Waals surface area (Å²) in [5.41, 5.74) is 2.58. The Balaban J connectivity index is 1.29. The molecule has 1 aromatic heterocycles. The van der Waals surface area contributed by atoms with E-state index in [1.807, 2.05) is 18.2 Å². The molecule has 172 valence electrons. The van der Waals surface area contributed by atoms with Gasteiger partial charge in [-0.25, -0.2) is 0 Å². The van der Waals surface area contributed by atoms with Crippen molar-refractivity contribution in [1.29, 1.82) is 0 Å². The number of pyridine rings is 1. The van der Waals surface area contributed by atoms with Gasteiger partial charge in [0.1, 0.15) is 0 Å². The summed E-state index contributed by atoms with van der Waals surface area (Å²) in [5, 5.41) is 0. The molecule has 0 saturated carbocycles. The summed E-state index contributed by atoms with van der Waals surface area (Å²) in [6.45, 7) is 3.41. The van der Waals surface area contributed by atoms with Crippen LogP contribution in [-0.2, 0) is 11.3 Å². The molecule has 3 aliphatic rings. The highest BCUT2D eigenvalue weighted by atomic mass is 16.2. The monoisotopic (exact) mass is 446 g/mol. The van der Waals surface area contributed by atoms with Crippen molar-refractivity contribution in [3.63, 3.8) is 0 Å². The van der Waals surface area contributed by atoms with E-state index in [1.165, 1.54) is 17.7 Å². The molecule has 7 nitrogen and oxygen atoms in total. The molecule has 3 aliphatic heterocycles. The van der Waals surface area contributed by atoms with Gasteiger partial charge in [-0.1, -0.05) is 25.0 Å². The van der Waals surface area contributed by atoms with Gasteiger partial charge in [-0.3, -0.25) is 24.3 Å². The molecule has 33 heavy (non-hydrogen) atoms. The molecule has 1 aromatic carbocycles. The van der Waals surface area contributed by atoms with E-state index in [9.17, 15) is 14.4 Å². The van der Waals surface area contributed by atoms with Crippen molar-refractivity contribution in [2.45, 2.75) is 45.1 Å². The van der Waals surface area contributed by atoms with Gasteiger partial charge in [-0.05, 0) is 49.4 Å². The van der Waals surface area contributed by atoms with Crippen LogP contribution in [0.2, 0.25) is 0 Å². The van der Waals surface area contributed by atoms with Crippen LogP contribution in [-0.4, -0.2) is 58.7 Å². The first-order chi connectivity index (χ1) is 16.1. The van der Waals surface area contributed by atoms with Gasteiger partial charge in [-0.15, -0.1) is 0 Å². The Morgan fingerprint density at radius 2 is 1.67 bits per heavy atom. The van der Waals surface area contributed by atoms with Crippen molar-refractivity contribution in [2.24, 2.45) is 5.92 Å². The zero-order chi connectivity index (χ0) is 22.8. The van der Waals surface area contributed by atoms with Gasteiger partial charge < -0.3 is 9.80 Å². The molecule has 2 fully saturated rings. The van der Waals surface area contributed by atoms with Crippen LogP contribution in [0.25, 0.3) is 0 Å². The molecule has 0 bridgehead atoms. The van der Waals surface area contributed by atoms with Crippen LogP contribution in [0.5, 0.6) is 0 Å². The first-order valence-corrected chi connectivity index (χ1v) is 12.1. The SMILES string of the molecule is O=C(C1CCN(c2cccc3c2C(=O)N(Cc2cccnc2)C3=O)CC1)N1CCCCCC1. The molecular formula is C26H30N4O3. The van der Waals surface area contributed by atoms with Gasteiger partial charge in [0.2, 0.25) is 5.91 Å². The topological polar surface area (TPSA) is 73.8 Å². The van der Waals surface area contributed by atoms with Crippen LogP contribution >= 0.6 is 0 Å². The molecule has 7 heteroatoms. The minimum atomic E-state index is -0.257. The van der Waals surface area contributed by atoms with Crippen molar-refractivity contribution >= 4 is 23.4 Å². The van der Waals surface area contributed by atoms with Gasteiger partial charge in [-0.2, -0.15) is 0 Å². The first kappa shape index (κ1) is 21.6. The van der Waals surface area contributed by atoms with E-state index in [0.29, 0.717) is 30.1 Å². The Morgan fingerprint density at radius 1 is 0.909 bits per heavy atom. The summed E-state index contributed by atoms with van der Waals surface area (Å²) in [6, 6.07) is 9.17. The maximum absolute atomic E-state index is 13.3. The molecule has 3 amide bonds. The summed E-state index contributed by atoms with van der Waals surface area (Å²) < 4.78 is 0. The molecule has 5 rings (SSSR count). The number of benzene rings is 1. The summed E-state index contributed by atoms with van der Waals surface area (Å²) >= 11 is 0. The Kier molecular flexibility index (Phi) is 6.11. The normalized spacial score (nSPS) is 19.6. The Labute approximate surface area is 194 Å². The second kappa shape index (κ2) is 9.33. The van der Waals surface area contributed by atoms with Gasteiger partial charge >= 0.3 is 0 Å². The number of hydrogen-bond donors (Lipinski definition) is 0. The maximum atomic E-state index is 13.3. The van der Waals surface area contributed by atoms with E-state index < -0.39 is 0 Å². The number of fused-ring (bicyclic) bond motifs is 1. The van der Waals surface area contributed by atoms with E-state index in [1.54, 1.807) is 24.5 Å². The Bertz CT molecular complexity index is 1040. The number of imide groups is 1. The highest BCUT2D eigenvalue weighted by Gasteiger charge is 2.39. The zero-order valence-electron chi connectivity index (χ0n) is 18.9. The molecule has 0 N–H and O–H groups in total. The highest BCUT2D eigenvalue weighted by molar-refractivity contribution is 6.23. The van der Waals surface area contributed by atoms with Gasteiger partial charge in [0.25, 0.3) is 11.8 Å². The van der Waals surface area contributed by atoms with E-state index >= 15 is 0 Å². The number of anilines is 1. The predicted octanol–water partition coefficient (Wildman–Crippen LogP) is 3.50. The lowest BCUT2D eigenvalue weighted by molar-refractivity contribution is -0.136. The summed E-state index contributed by atoms with van der Waals surface area (Å²) in [5.74, 6) is -0.164. The molecular weight excluding hydrogens is 416 g/mol. The van der Waals surface area contributed by atoms with Crippen molar-refractivity contribution in [1.82, 2.24) is 14.8 Å². The Morgan fingerprint density at radius 3 is 2.36 bits per heavy atom. The average molecular weight is 447 g/mol. The van der Waals surface area contributed by atoms with Crippen LogP contribution in [0.3, 0.4) is 0 Å². The number of carbonyl (C=O) groups excluding carboxylic acids is 3. The van der Waals surface area contributed by atoms with E-state index in [4.69, 9.17) is 0 Å². The van der Waals surface area contributed by atoms with Crippen molar-refractivity contribution in [3.05, 3.63) is 59.4 Å². The fourth-order valence-electron chi connectivity index (χ4n) is 5.31. The summed E-state index contributed by atoms with van der Waals surface area (Å²) in [4.78, 5) is 49.0. The number of likely N-dealkylation sites (tertiary alicyclic amines) is 1. The maximum Gasteiger partial charge on any atom is 0.263 e. The molecule has 0 spiro atoms. The van der Waals surface area contributed by atoms with Crippen molar-refractivity contribution < 1.29 is 14.4 Å². The number of nitrogens with zero attached hydrogens (tertiary/aromatic N) is 4. The van der Waals surface area contributed by atoms with Crippen LogP contribution in [0.15, 0.2) is 42.7 Å². The molecule has 2 saturated heterocycles. The molecule has 0 radical (unpaired) electrons. The van der Waals surface area contributed by atoms with Crippen LogP contribution < -0.4 is 4.90 Å². The second-order valence-corrected chi connectivity index (χ2v) is 9.26. The van der Waals surface area contributed by atoms with Gasteiger partial charge in [0, 0.05) is 44.5 Å². The molecule has 0 aliphatic carbocycles. The summed E-state index contributed by atoms with van der Waals surface area (Å²) in [7, 11) is 0. The Hall–Kier alpha value is -3.22. The third-order valence-corrected chi connectivity index (χ3v) is 7.14. The van der Waals surface area contributed by atoms with Gasteiger partial charge in [0.15, 0.2) is 0 Å². The molecule has 0 atom stereocenters. The standard InChI is InChI=1S/C26H30N4O3/c31-24(29-13-3-1-2-4-14-29)20-10-15-28(16-11-20)22-9-5-8-21-23(22)26(33)30(25(21)32)18-19-7-6-12-27-17-19/h5-9,12,17,20H,1-4,10-11,13-16,18H2. The molecule has 4 heterocycles. The number of hydrogen-bond acceptors (Lipinski definition) is 5. The van der Waals surface area contributed by atoms with E-state index in [-0.39, 0.29) is 24.3 Å². The number of amides is 3.